The van der Waals surface area contributed by atoms with Crippen molar-refractivity contribution in [1.82, 2.24) is 39.4 Å². The zero-order valence-electron chi connectivity index (χ0n) is 29.0. The molecule has 4 aromatic rings. The molecule has 4 heterocycles. The molecule has 264 valence electrons. The molecule has 2 unspecified atom stereocenters. The maximum Gasteiger partial charge on any atom is 0.257 e. The third-order valence-corrected chi connectivity index (χ3v) is 9.46. The van der Waals surface area contributed by atoms with E-state index in [-0.39, 0.29) is 24.4 Å². The van der Waals surface area contributed by atoms with Gasteiger partial charge in [0.1, 0.15) is 30.2 Å². The number of nitrogens with zero attached hydrogens (tertiary/aromatic N) is 8. The zero-order valence-corrected chi connectivity index (χ0v) is 29.8. The monoisotopic (exact) mass is 693 g/mol. The van der Waals surface area contributed by atoms with Crippen LogP contribution in [-0.4, -0.2) is 96.7 Å². The van der Waals surface area contributed by atoms with Gasteiger partial charge in [0.25, 0.3) is 5.88 Å². The van der Waals surface area contributed by atoms with Crippen LogP contribution in [0.1, 0.15) is 65.8 Å². The van der Waals surface area contributed by atoms with Gasteiger partial charge in [-0.25, -0.2) is 19.6 Å². The first-order valence-corrected chi connectivity index (χ1v) is 17.6. The maximum atomic E-state index is 6.48. The van der Waals surface area contributed by atoms with Crippen molar-refractivity contribution in [3.05, 3.63) is 54.5 Å². The Morgan fingerprint density at radius 3 is 2.41 bits per heavy atom. The van der Waals surface area contributed by atoms with Crippen LogP contribution in [0.2, 0.25) is 5.02 Å². The van der Waals surface area contributed by atoms with E-state index >= 15 is 0 Å². The number of hydrogen-bond donors (Lipinski definition) is 1. The molecular formula is C35H48ClN9O4. The fourth-order valence-electron chi connectivity index (χ4n) is 6.75. The largest absolute Gasteiger partial charge is 0.487 e. The van der Waals surface area contributed by atoms with Crippen LogP contribution in [0.5, 0.6) is 11.6 Å². The van der Waals surface area contributed by atoms with Crippen molar-refractivity contribution in [2.24, 2.45) is 0 Å². The summed E-state index contributed by atoms with van der Waals surface area (Å²) in [6.07, 6.45) is 14.2. The van der Waals surface area contributed by atoms with E-state index in [0.29, 0.717) is 47.8 Å². The van der Waals surface area contributed by atoms with Gasteiger partial charge in [-0.3, -0.25) is 9.58 Å². The van der Waals surface area contributed by atoms with Crippen LogP contribution >= 0.6 is 11.6 Å². The molecule has 14 heteroatoms. The van der Waals surface area contributed by atoms with Gasteiger partial charge in [0, 0.05) is 57.2 Å². The highest BCUT2D eigenvalue weighted by atomic mass is 35.5. The standard InChI is InChI=1S/C35H48ClN9O4/c1-23(12-13-46-5)49-34-32(20-45(42-34)30-9-7-29(8-10-30)43-17-24(2)47-25(3)18-43)41-35-38-15-28(16-39-35)27-6-11-31(36)33(14-27)48-26(4)19-44-22-37-21-40-44/h6,11,14-16,20-26,29-30H,7-10,12-13,17-19H2,1-5H3,(H,38,39,41)/t23?,24-,25+,26?,29?,30?. The first-order valence-electron chi connectivity index (χ1n) is 17.3. The predicted octanol–water partition coefficient (Wildman–Crippen LogP) is 6.19. The van der Waals surface area contributed by atoms with E-state index in [4.69, 9.17) is 35.6 Å². The summed E-state index contributed by atoms with van der Waals surface area (Å²) >= 11 is 6.48. The molecule has 1 saturated heterocycles. The highest BCUT2D eigenvalue weighted by Crippen LogP contribution is 2.36. The number of benzene rings is 1. The van der Waals surface area contributed by atoms with Crippen LogP contribution in [0.4, 0.5) is 11.6 Å². The lowest BCUT2D eigenvalue weighted by atomic mass is 9.89. The SMILES string of the molecule is COCCC(C)Oc1nn(C2CCC(N3C[C@@H](C)O[C@@H](C)C3)CC2)cc1Nc1ncc(-c2ccc(Cl)c(OC(C)Cn3cncn3)c2)cn1. The Morgan fingerprint density at radius 2 is 1.71 bits per heavy atom. The number of anilines is 2. The van der Waals surface area contributed by atoms with Gasteiger partial charge in [0.05, 0.1) is 42.1 Å². The molecule has 13 nitrogen and oxygen atoms in total. The summed E-state index contributed by atoms with van der Waals surface area (Å²) < 4.78 is 27.5. The Hall–Kier alpha value is -3.78. The van der Waals surface area contributed by atoms with Gasteiger partial charge in [-0.1, -0.05) is 17.7 Å². The summed E-state index contributed by atoms with van der Waals surface area (Å²) in [7, 11) is 1.70. The molecule has 4 atom stereocenters. The number of hydrogen-bond acceptors (Lipinski definition) is 11. The number of morpholine rings is 1. The predicted molar refractivity (Wildman–Crippen MR) is 188 cm³/mol. The molecule has 1 aliphatic carbocycles. The Morgan fingerprint density at radius 1 is 0.980 bits per heavy atom. The summed E-state index contributed by atoms with van der Waals surface area (Å²) in [4.78, 5) is 15.9. The minimum absolute atomic E-state index is 0.0755. The Bertz CT molecular complexity index is 1600. The number of aromatic nitrogens is 7. The fourth-order valence-corrected chi connectivity index (χ4v) is 6.91. The van der Waals surface area contributed by atoms with E-state index in [1.807, 2.05) is 38.2 Å². The van der Waals surface area contributed by atoms with Crippen LogP contribution in [0, 0.1) is 0 Å². The summed E-state index contributed by atoms with van der Waals surface area (Å²) in [5, 5.41) is 13.0. The fraction of sp³-hybridized carbons (Fsp3) is 0.571. The molecule has 0 amide bonds. The lowest BCUT2D eigenvalue weighted by Crippen LogP contribution is -2.51. The van der Waals surface area contributed by atoms with Crippen LogP contribution < -0.4 is 14.8 Å². The highest BCUT2D eigenvalue weighted by Gasteiger charge is 2.32. The quantitative estimate of drug-likeness (QED) is 0.162. The smallest absolute Gasteiger partial charge is 0.257 e. The molecule has 1 aromatic carbocycles. The second kappa shape index (κ2) is 16.3. The van der Waals surface area contributed by atoms with Crippen molar-refractivity contribution < 1.29 is 18.9 Å². The summed E-state index contributed by atoms with van der Waals surface area (Å²) in [6.45, 7) is 11.5. The van der Waals surface area contributed by atoms with E-state index in [9.17, 15) is 0 Å². The van der Waals surface area contributed by atoms with Crippen molar-refractivity contribution in [2.75, 3.05) is 32.1 Å². The van der Waals surface area contributed by atoms with Crippen molar-refractivity contribution >= 4 is 23.2 Å². The van der Waals surface area contributed by atoms with E-state index in [1.165, 1.54) is 6.33 Å². The molecular weight excluding hydrogens is 646 g/mol. The Labute approximate surface area is 293 Å². The van der Waals surface area contributed by atoms with Crippen LogP contribution in [0.3, 0.4) is 0 Å². The van der Waals surface area contributed by atoms with Crippen molar-refractivity contribution in [3.8, 4) is 22.8 Å². The van der Waals surface area contributed by atoms with Crippen LogP contribution in [0.15, 0.2) is 49.4 Å². The van der Waals surface area contributed by atoms with Gasteiger partial charge < -0.3 is 24.3 Å². The Balaban J connectivity index is 1.13. The summed E-state index contributed by atoms with van der Waals surface area (Å²) in [5.74, 6) is 1.56. The molecule has 1 N–H and O–H groups in total. The Kier molecular flexibility index (Phi) is 11.7. The van der Waals surface area contributed by atoms with Gasteiger partial charge in [0.2, 0.25) is 5.95 Å². The lowest BCUT2D eigenvalue weighted by molar-refractivity contribution is -0.0852. The molecule has 3 aromatic heterocycles. The first kappa shape index (κ1) is 35.1. The number of methoxy groups -OCH3 is 1. The van der Waals surface area contributed by atoms with Gasteiger partial charge in [-0.15, -0.1) is 5.10 Å². The van der Waals surface area contributed by atoms with E-state index < -0.39 is 0 Å². The van der Waals surface area contributed by atoms with Crippen molar-refractivity contribution in [3.63, 3.8) is 0 Å². The average Bonchev–Trinajstić information content (AvgIpc) is 3.74. The summed E-state index contributed by atoms with van der Waals surface area (Å²) in [5.41, 5.74) is 2.45. The molecule has 1 saturated carbocycles. The van der Waals surface area contributed by atoms with Crippen LogP contribution in [0.25, 0.3) is 11.1 Å². The van der Waals surface area contributed by atoms with Crippen LogP contribution in [-0.2, 0) is 16.0 Å². The number of halogens is 1. The second-order valence-corrected chi connectivity index (χ2v) is 13.7. The van der Waals surface area contributed by atoms with Gasteiger partial charge in [0.15, 0.2) is 0 Å². The molecule has 0 bridgehead atoms. The average molecular weight is 694 g/mol. The minimum atomic E-state index is -0.167. The molecule has 1 aliphatic heterocycles. The topological polar surface area (TPSA) is 127 Å². The lowest BCUT2D eigenvalue weighted by Gasteiger charge is -2.42. The van der Waals surface area contributed by atoms with E-state index in [0.717, 1.165) is 62.0 Å². The molecule has 0 spiro atoms. The van der Waals surface area contributed by atoms with E-state index in [2.05, 4.69) is 48.8 Å². The summed E-state index contributed by atoms with van der Waals surface area (Å²) in [6, 6.07) is 6.52. The van der Waals surface area contributed by atoms with E-state index in [1.54, 1.807) is 30.5 Å². The second-order valence-electron chi connectivity index (χ2n) is 13.3. The molecule has 2 aliphatic rings. The third kappa shape index (κ3) is 9.27. The molecule has 6 rings (SSSR count). The maximum absolute atomic E-state index is 6.48. The minimum Gasteiger partial charge on any atom is -0.487 e. The van der Waals surface area contributed by atoms with Gasteiger partial charge >= 0.3 is 0 Å². The number of ether oxygens (including phenoxy) is 4. The molecule has 2 fully saturated rings. The van der Waals surface area contributed by atoms with Gasteiger partial charge in [-0.2, -0.15) is 5.10 Å². The normalized spacial score (nSPS) is 22.8. The first-order chi connectivity index (χ1) is 23.7. The van der Waals surface area contributed by atoms with Crippen molar-refractivity contribution in [2.45, 2.75) is 103 Å². The number of rotatable bonds is 14. The molecule has 49 heavy (non-hydrogen) atoms. The number of nitrogens with one attached hydrogen (secondary N) is 1. The van der Waals surface area contributed by atoms with Crippen molar-refractivity contribution in [1.29, 1.82) is 0 Å². The zero-order chi connectivity index (χ0) is 34.3. The molecule has 0 radical (unpaired) electrons. The third-order valence-electron chi connectivity index (χ3n) is 9.15. The highest BCUT2D eigenvalue weighted by molar-refractivity contribution is 6.32. The van der Waals surface area contributed by atoms with Gasteiger partial charge in [-0.05, 0) is 71.1 Å².